The molecule has 1 aliphatic heterocycles. The molecule has 0 atom stereocenters. The summed E-state index contributed by atoms with van der Waals surface area (Å²) in [6.07, 6.45) is 1.72. The van der Waals surface area contributed by atoms with E-state index in [0.29, 0.717) is 28.8 Å². The van der Waals surface area contributed by atoms with Crippen LogP contribution in [0.2, 0.25) is 5.02 Å². The predicted molar refractivity (Wildman–Crippen MR) is 101 cm³/mol. The summed E-state index contributed by atoms with van der Waals surface area (Å²) in [4.78, 5) is 13.2. The van der Waals surface area contributed by atoms with Gasteiger partial charge in [0, 0.05) is 43.0 Å². The first-order valence-electron chi connectivity index (χ1n) is 8.64. The molecule has 8 heteroatoms. The maximum absolute atomic E-state index is 9.25. The normalized spacial score (nSPS) is 14.9. The van der Waals surface area contributed by atoms with Gasteiger partial charge in [-0.15, -0.1) is 0 Å². The SMILES string of the molecule is N#Cc1cccnc1N1CCN(Cc2nc(-c3ccc(Cl)cc3)no2)CC1. The smallest absolute Gasteiger partial charge is 0.241 e. The van der Waals surface area contributed by atoms with Crippen LogP contribution in [-0.4, -0.2) is 46.2 Å². The van der Waals surface area contributed by atoms with Crippen LogP contribution in [0.4, 0.5) is 5.82 Å². The fourth-order valence-corrected chi connectivity index (χ4v) is 3.21. The zero-order chi connectivity index (χ0) is 18.6. The molecule has 136 valence electrons. The van der Waals surface area contributed by atoms with Gasteiger partial charge in [-0.25, -0.2) is 4.98 Å². The van der Waals surface area contributed by atoms with Gasteiger partial charge in [0.05, 0.1) is 12.1 Å². The number of hydrogen-bond donors (Lipinski definition) is 0. The molecule has 1 fully saturated rings. The first-order chi connectivity index (χ1) is 13.2. The number of piperazine rings is 1. The highest BCUT2D eigenvalue weighted by atomic mass is 35.5. The summed E-state index contributed by atoms with van der Waals surface area (Å²) in [5, 5.41) is 14.0. The minimum Gasteiger partial charge on any atom is -0.353 e. The third-order valence-electron chi connectivity index (χ3n) is 4.51. The van der Waals surface area contributed by atoms with Crippen molar-refractivity contribution in [2.45, 2.75) is 6.54 Å². The number of rotatable bonds is 4. The molecule has 0 spiro atoms. The van der Waals surface area contributed by atoms with Crippen molar-refractivity contribution in [3.8, 4) is 17.5 Å². The van der Waals surface area contributed by atoms with Crippen LogP contribution in [0.3, 0.4) is 0 Å². The largest absolute Gasteiger partial charge is 0.353 e. The zero-order valence-corrected chi connectivity index (χ0v) is 15.3. The van der Waals surface area contributed by atoms with Gasteiger partial charge in [0.1, 0.15) is 11.9 Å². The topological polar surface area (TPSA) is 82.1 Å². The number of nitrogens with zero attached hydrogens (tertiary/aromatic N) is 6. The molecular weight excluding hydrogens is 364 g/mol. The van der Waals surface area contributed by atoms with E-state index in [1.165, 1.54) is 0 Å². The number of nitriles is 1. The fourth-order valence-electron chi connectivity index (χ4n) is 3.08. The van der Waals surface area contributed by atoms with Crippen LogP contribution in [-0.2, 0) is 6.54 Å². The third-order valence-corrected chi connectivity index (χ3v) is 4.76. The number of anilines is 1. The van der Waals surface area contributed by atoms with Crippen LogP contribution in [0.25, 0.3) is 11.4 Å². The van der Waals surface area contributed by atoms with E-state index in [4.69, 9.17) is 16.1 Å². The van der Waals surface area contributed by atoms with E-state index in [-0.39, 0.29) is 0 Å². The Morgan fingerprint density at radius 1 is 1.11 bits per heavy atom. The molecule has 3 heterocycles. The summed E-state index contributed by atoms with van der Waals surface area (Å²) < 4.78 is 5.40. The third kappa shape index (κ3) is 3.92. The van der Waals surface area contributed by atoms with Gasteiger partial charge in [0.15, 0.2) is 0 Å². The van der Waals surface area contributed by atoms with Gasteiger partial charge < -0.3 is 9.42 Å². The van der Waals surface area contributed by atoms with E-state index in [1.54, 1.807) is 30.5 Å². The second-order valence-corrected chi connectivity index (χ2v) is 6.70. The lowest BCUT2D eigenvalue weighted by Crippen LogP contribution is -2.46. The molecule has 0 aliphatic carbocycles. The molecule has 3 aromatic rings. The van der Waals surface area contributed by atoms with Crippen LogP contribution in [0, 0.1) is 11.3 Å². The summed E-state index contributed by atoms with van der Waals surface area (Å²) in [6, 6.07) is 13.1. The molecule has 0 amide bonds. The number of benzene rings is 1. The van der Waals surface area contributed by atoms with Crippen molar-refractivity contribution in [2.75, 3.05) is 31.1 Å². The lowest BCUT2D eigenvalue weighted by atomic mass is 10.2. The highest BCUT2D eigenvalue weighted by Crippen LogP contribution is 2.21. The zero-order valence-electron chi connectivity index (χ0n) is 14.5. The molecule has 1 saturated heterocycles. The van der Waals surface area contributed by atoms with Crippen LogP contribution < -0.4 is 4.90 Å². The van der Waals surface area contributed by atoms with Crippen molar-refractivity contribution in [2.24, 2.45) is 0 Å². The monoisotopic (exact) mass is 380 g/mol. The average molecular weight is 381 g/mol. The molecular formula is C19H17ClN6O. The van der Waals surface area contributed by atoms with Crippen molar-refractivity contribution >= 4 is 17.4 Å². The van der Waals surface area contributed by atoms with E-state index in [0.717, 1.165) is 37.6 Å². The first kappa shape index (κ1) is 17.5. The average Bonchev–Trinajstić information content (AvgIpc) is 3.17. The maximum Gasteiger partial charge on any atom is 0.241 e. The lowest BCUT2D eigenvalue weighted by Gasteiger charge is -2.34. The van der Waals surface area contributed by atoms with E-state index < -0.39 is 0 Å². The Morgan fingerprint density at radius 2 is 1.89 bits per heavy atom. The minimum absolute atomic E-state index is 0.562. The van der Waals surface area contributed by atoms with Gasteiger partial charge in [0.25, 0.3) is 0 Å². The number of halogens is 1. The van der Waals surface area contributed by atoms with Gasteiger partial charge in [-0.1, -0.05) is 16.8 Å². The molecule has 1 aromatic carbocycles. The second kappa shape index (κ2) is 7.74. The molecule has 2 aromatic heterocycles. The number of pyridine rings is 1. The Labute approximate surface area is 161 Å². The van der Waals surface area contributed by atoms with E-state index in [1.807, 2.05) is 12.1 Å². The summed E-state index contributed by atoms with van der Waals surface area (Å²) in [5.74, 6) is 1.90. The summed E-state index contributed by atoms with van der Waals surface area (Å²) >= 11 is 5.91. The van der Waals surface area contributed by atoms with Crippen molar-refractivity contribution < 1.29 is 4.52 Å². The van der Waals surface area contributed by atoms with Gasteiger partial charge in [-0.2, -0.15) is 10.2 Å². The molecule has 1 aliphatic rings. The van der Waals surface area contributed by atoms with Crippen molar-refractivity contribution in [3.05, 3.63) is 59.1 Å². The van der Waals surface area contributed by atoms with E-state index in [2.05, 4.69) is 31.0 Å². The molecule has 4 rings (SSSR count). The Hall–Kier alpha value is -2.95. The molecule has 27 heavy (non-hydrogen) atoms. The fraction of sp³-hybridized carbons (Fsp3) is 0.263. The van der Waals surface area contributed by atoms with Crippen LogP contribution in [0.15, 0.2) is 47.1 Å². The lowest BCUT2D eigenvalue weighted by molar-refractivity contribution is 0.215. The van der Waals surface area contributed by atoms with Gasteiger partial charge in [-0.05, 0) is 36.4 Å². The van der Waals surface area contributed by atoms with Gasteiger partial charge >= 0.3 is 0 Å². The van der Waals surface area contributed by atoms with Crippen LogP contribution >= 0.6 is 11.6 Å². The Balaban J connectivity index is 1.37. The van der Waals surface area contributed by atoms with Crippen molar-refractivity contribution in [3.63, 3.8) is 0 Å². The number of hydrogen-bond acceptors (Lipinski definition) is 7. The Kier molecular flexibility index (Phi) is 5.01. The quantitative estimate of drug-likeness (QED) is 0.688. The predicted octanol–water partition coefficient (Wildman–Crippen LogP) is 2.98. The molecule has 0 bridgehead atoms. The van der Waals surface area contributed by atoms with Gasteiger partial charge in [-0.3, -0.25) is 4.90 Å². The first-order valence-corrected chi connectivity index (χ1v) is 9.01. The molecule has 0 unspecified atom stereocenters. The Morgan fingerprint density at radius 3 is 2.63 bits per heavy atom. The number of aromatic nitrogens is 3. The summed E-state index contributed by atoms with van der Waals surface area (Å²) in [6.45, 7) is 3.86. The highest BCUT2D eigenvalue weighted by molar-refractivity contribution is 6.30. The summed E-state index contributed by atoms with van der Waals surface area (Å²) in [5.41, 5.74) is 1.48. The molecule has 0 saturated carbocycles. The van der Waals surface area contributed by atoms with E-state index >= 15 is 0 Å². The van der Waals surface area contributed by atoms with Crippen LogP contribution in [0.5, 0.6) is 0 Å². The molecule has 0 radical (unpaired) electrons. The van der Waals surface area contributed by atoms with Crippen molar-refractivity contribution in [1.82, 2.24) is 20.0 Å². The highest BCUT2D eigenvalue weighted by Gasteiger charge is 2.22. The maximum atomic E-state index is 9.25. The summed E-state index contributed by atoms with van der Waals surface area (Å²) in [7, 11) is 0. The molecule has 7 nitrogen and oxygen atoms in total. The van der Waals surface area contributed by atoms with E-state index in [9.17, 15) is 5.26 Å². The minimum atomic E-state index is 0.562. The van der Waals surface area contributed by atoms with Crippen molar-refractivity contribution in [1.29, 1.82) is 5.26 Å². The Bertz CT molecular complexity index is 957. The van der Waals surface area contributed by atoms with Crippen LogP contribution in [0.1, 0.15) is 11.5 Å². The second-order valence-electron chi connectivity index (χ2n) is 6.27. The van der Waals surface area contributed by atoms with Gasteiger partial charge in [0.2, 0.25) is 11.7 Å². The molecule has 0 N–H and O–H groups in total. The standard InChI is InChI=1S/C19H17ClN6O/c20-16-5-3-14(4-6-16)18-23-17(27-24-18)13-25-8-10-26(11-9-25)19-15(12-21)2-1-7-22-19/h1-7H,8-11,13H2.